The molecule has 0 aliphatic carbocycles. The van der Waals surface area contributed by atoms with Gasteiger partial charge < -0.3 is 9.72 Å². The molecule has 0 aliphatic rings. The highest BCUT2D eigenvalue weighted by molar-refractivity contribution is 7.93. The number of imidazole rings is 1. The van der Waals surface area contributed by atoms with E-state index < -0.39 is 10.0 Å². The topological polar surface area (TPSA) is 84.1 Å². The fourth-order valence-electron chi connectivity index (χ4n) is 2.60. The number of hydrogen-bond acceptors (Lipinski definition) is 4. The third-order valence-electron chi connectivity index (χ3n) is 3.86. The zero-order valence-corrected chi connectivity index (χ0v) is 15.5. The molecule has 0 atom stereocenters. The van der Waals surface area contributed by atoms with Crippen LogP contribution < -0.4 is 9.46 Å². The molecule has 0 saturated heterocycles. The van der Waals surface area contributed by atoms with Crippen molar-refractivity contribution in [3.05, 3.63) is 78.1 Å². The molecular weight excluding hydrogens is 386 g/mol. The molecule has 0 radical (unpaired) electrons. The third kappa shape index (κ3) is 3.74. The van der Waals surface area contributed by atoms with Gasteiger partial charge in [0.05, 0.1) is 11.8 Å². The lowest BCUT2D eigenvalue weighted by molar-refractivity contribution is 0.483. The number of fused-ring (bicyclic) bond motifs is 1. The SMILES string of the molecule is O=S(=O)(Nc1ccc(Oc2ccc(Cl)cc2)cc1)c1cccc2[nH]cnc12. The van der Waals surface area contributed by atoms with Crippen LogP contribution in [0.1, 0.15) is 0 Å². The molecule has 4 rings (SSSR count). The van der Waals surface area contributed by atoms with Gasteiger partial charge in [0.15, 0.2) is 0 Å². The number of aromatic amines is 1. The van der Waals surface area contributed by atoms with Gasteiger partial charge in [0.25, 0.3) is 10.0 Å². The van der Waals surface area contributed by atoms with Gasteiger partial charge in [0.2, 0.25) is 0 Å². The van der Waals surface area contributed by atoms with Crippen LogP contribution in [0.2, 0.25) is 5.02 Å². The predicted octanol–water partition coefficient (Wildman–Crippen LogP) is 4.81. The van der Waals surface area contributed by atoms with Crippen molar-refractivity contribution in [1.29, 1.82) is 0 Å². The van der Waals surface area contributed by atoms with Crippen LogP contribution in [0.25, 0.3) is 11.0 Å². The van der Waals surface area contributed by atoms with Gasteiger partial charge in [0, 0.05) is 10.7 Å². The highest BCUT2D eigenvalue weighted by atomic mass is 35.5. The van der Waals surface area contributed by atoms with Crippen LogP contribution in [0, 0.1) is 0 Å². The summed E-state index contributed by atoms with van der Waals surface area (Å²) in [5.41, 5.74) is 1.48. The standard InChI is InChI=1S/C19H14ClN3O3S/c20-13-4-8-15(9-5-13)26-16-10-6-14(7-11-16)23-27(24,25)18-3-1-2-17-19(18)22-12-21-17/h1-12,23H,(H,21,22). The molecule has 0 aliphatic heterocycles. The van der Waals surface area contributed by atoms with Gasteiger partial charge in [-0.15, -0.1) is 0 Å². The molecular formula is C19H14ClN3O3S. The fourth-order valence-corrected chi connectivity index (χ4v) is 3.95. The van der Waals surface area contributed by atoms with Crippen LogP contribution in [-0.4, -0.2) is 18.4 Å². The van der Waals surface area contributed by atoms with Crippen molar-refractivity contribution in [1.82, 2.24) is 9.97 Å². The second-order valence-electron chi connectivity index (χ2n) is 5.74. The predicted molar refractivity (Wildman–Crippen MR) is 105 cm³/mol. The molecule has 136 valence electrons. The lowest BCUT2D eigenvalue weighted by Crippen LogP contribution is -2.13. The van der Waals surface area contributed by atoms with Crippen LogP contribution in [-0.2, 0) is 10.0 Å². The van der Waals surface area contributed by atoms with E-state index in [1.807, 2.05) is 0 Å². The third-order valence-corrected chi connectivity index (χ3v) is 5.52. The average Bonchev–Trinajstić information content (AvgIpc) is 3.13. The summed E-state index contributed by atoms with van der Waals surface area (Å²) < 4.78 is 33.7. The minimum atomic E-state index is -3.77. The van der Waals surface area contributed by atoms with Crippen molar-refractivity contribution in [2.75, 3.05) is 4.72 Å². The molecule has 0 saturated carbocycles. The highest BCUT2D eigenvalue weighted by Crippen LogP contribution is 2.26. The van der Waals surface area contributed by atoms with Gasteiger partial charge in [-0.1, -0.05) is 17.7 Å². The Hall–Kier alpha value is -3.03. The maximum atomic E-state index is 12.7. The number of rotatable bonds is 5. The van der Waals surface area contributed by atoms with Gasteiger partial charge in [-0.2, -0.15) is 0 Å². The van der Waals surface area contributed by atoms with Crippen molar-refractivity contribution in [3.8, 4) is 11.5 Å². The minimum absolute atomic E-state index is 0.114. The number of sulfonamides is 1. The van der Waals surface area contributed by atoms with E-state index in [0.29, 0.717) is 33.2 Å². The molecule has 8 heteroatoms. The first-order valence-electron chi connectivity index (χ1n) is 8.00. The summed E-state index contributed by atoms with van der Waals surface area (Å²) in [6.45, 7) is 0. The van der Waals surface area contributed by atoms with Crippen LogP contribution in [0.3, 0.4) is 0 Å². The van der Waals surface area contributed by atoms with E-state index in [1.54, 1.807) is 60.7 Å². The van der Waals surface area contributed by atoms with E-state index >= 15 is 0 Å². The van der Waals surface area contributed by atoms with Crippen molar-refractivity contribution < 1.29 is 13.2 Å². The molecule has 0 bridgehead atoms. The minimum Gasteiger partial charge on any atom is -0.457 e. The summed E-state index contributed by atoms with van der Waals surface area (Å²) in [5, 5.41) is 0.624. The smallest absolute Gasteiger partial charge is 0.264 e. The van der Waals surface area contributed by atoms with Crippen LogP contribution >= 0.6 is 11.6 Å². The van der Waals surface area contributed by atoms with E-state index in [1.165, 1.54) is 12.4 Å². The van der Waals surface area contributed by atoms with E-state index in [2.05, 4.69) is 14.7 Å². The molecule has 0 spiro atoms. The second-order valence-corrected chi connectivity index (χ2v) is 7.83. The van der Waals surface area contributed by atoms with E-state index in [9.17, 15) is 8.42 Å². The maximum absolute atomic E-state index is 12.7. The molecule has 1 aromatic heterocycles. The molecule has 0 unspecified atom stereocenters. The highest BCUT2D eigenvalue weighted by Gasteiger charge is 2.18. The number of H-pyrrole nitrogens is 1. The first-order chi connectivity index (χ1) is 13.0. The summed E-state index contributed by atoms with van der Waals surface area (Å²) in [4.78, 5) is 7.11. The Morgan fingerprint density at radius 1 is 0.926 bits per heavy atom. The van der Waals surface area contributed by atoms with Crippen molar-refractivity contribution in [2.24, 2.45) is 0 Å². The summed E-state index contributed by atoms with van der Waals surface area (Å²) in [6, 6.07) is 18.5. The van der Waals surface area contributed by atoms with Gasteiger partial charge >= 0.3 is 0 Å². The summed E-state index contributed by atoms with van der Waals surface area (Å²) in [6.07, 6.45) is 1.46. The molecule has 0 amide bonds. The normalized spacial score (nSPS) is 11.4. The number of hydrogen-bond donors (Lipinski definition) is 2. The number of para-hydroxylation sites is 1. The summed E-state index contributed by atoms with van der Waals surface area (Å²) >= 11 is 5.85. The Bertz CT molecular complexity index is 1190. The van der Waals surface area contributed by atoms with Gasteiger partial charge in [-0.3, -0.25) is 4.72 Å². The zero-order chi connectivity index (χ0) is 18.9. The van der Waals surface area contributed by atoms with Crippen LogP contribution in [0.4, 0.5) is 5.69 Å². The van der Waals surface area contributed by atoms with E-state index in [0.717, 1.165) is 0 Å². The van der Waals surface area contributed by atoms with Crippen molar-refractivity contribution in [2.45, 2.75) is 4.90 Å². The molecule has 3 aromatic carbocycles. The Morgan fingerprint density at radius 2 is 1.59 bits per heavy atom. The molecule has 2 N–H and O–H groups in total. The molecule has 4 aromatic rings. The zero-order valence-electron chi connectivity index (χ0n) is 13.9. The van der Waals surface area contributed by atoms with E-state index in [4.69, 9.17) is 16.3 Å². The quantitative estimate of drug-likeness (QED) is 0.504. The van der Waals surface area contributed by atoms with Crippen molar-refractivity contribution >= 4 is 38.3 Å². The number of anilines is 1. The molecule has 1 heterocycles. The number of aromatic nitrogens is 2. The number of nitrogens with zero attached hydrogens (tertiary/aromatic N) is 1. The fraction of sp³-hybridized carbons (Fsp3) is 0. The van der Waals surface area contributed by atoms with Gasteiger partial charge in [0.1, 0.15) is 21.9 Å². The lowest BCUT2D eigenvalue weighted by Gasteiger charge is -2.10. The first kappa shape index (κ1) is 17.4. The molecule has 27 heavy (non-hydrogen) atoms. The monoisotopic (exact) mass is 399 g/mol. The van der Waals surface area contributed by atoms with Crippen LogP contribution in [0.15, 0.2) is 78.0 Å². The van der Waals surface area contributed by atoms with Gasteiger partial charge in [-0.25, -0.2) is 13.4 Å². The van der Waals surface area contributed by atoms with Crippen LogP contribution in [0.5, 0.6) is 11.5 Å². The molecule has 6 nitrogen and oxygen atoms in total. The molecule has 0 fully saturated rings. The largest absolute Gasteiger partial charge is 0.457 e. The summed E-state index contributed by atoms with van der Waals surface area (Å²) in [5.74, 6) is 1.22. The Labute approximate surface area is 160 Å². The number of ether oxygens (including phenoxy) is 1. The summed E-state index contributed by atoms with van der Waals surface area (Å²) in [7, 11) is -3.77. The Kier molecular flexibility index (Phi) is 4.47. The number of benzene rings is 3. The van der Waals surface area contributed by atoms with Gasteiger partial charge in [-0.05, 0) is 60.7 Å². The Balaban J connectivity index is 1.54. The first-order valence-corrected chi connectivity index (χ1v) is 9.86. The lowest BCUT2D eigenvalue weighted by atomic mass is 10.3. The number of nitrogens with one attached hydrogen (secondary N) is 2. The second kappa shape index (κ2) is 6.94. The number of halogens is 1. The van der Waals surface area contributed by atoms with Crippen molar-refractivity contribution in [3.63, 3.8) is 0 Å². The average molecular weight is 400 g/mol. The maximum Gasteiger partial charge on any atom is 0.264 e. The van der Waals surface area contributed by atoms with E-state index in [-0.39, 0.29) is 4.90 Å². The Morgan fingerprint density at radius 3 is 2.30 bits per heavy atom.